The van der Waals surface area contributed by atoms with Gasteiger partial charge < -0.3 is 9.32 Å². The number of rotatable bonds is 5. The standard InChI is InChI=1S/C59H37NO/c1-3-17-38(18-4-1)39-31-33-41(34-32-39)60(57-55(40-19-5-2-6-20-40)47-24-7-8-25-48(47)58-56(57)49-26-12-16-30-54(49)61-58)42-35-36-46-45-23-11-15-29-52(45)59(53(46)37-42)50-27-13-9-21-43(50)44-22-10-14-28-51(44)59/h1-37H. The molecule has 1 aromatic heterocycles. The van der Waals surface area contributed by atoms with Crippen LogP contribution in [0.15, 0.2) is 229 Å². The van der Waals surface area contributed by atoms with Crippen molar-refractivity contribution in [3.05, 3.63) is 247 Å². The second-order valence-corrected chi connectivity index (χ2v) is 16.3. The van der Waals surface area contributed by atoms with E-state index < -0.39 is 5.41 Å². The normalized spacial score (nSPS) is 13.0. The van der Waals surface area contributed by atoms with Crippen molar-refractivity contribution < 1.29 is 4.42 Å². The first-order valence-corrected chi connectivity index (χ1v) is 21.1. The van der Waals surface area contributed by atoms with Crippen molar-refractivity contribution in [2.45, 2.75) is 5.41 Å². The van der Waals surface area contributed by atoms with E-state index in [1.807, 2.05) is 0 Å². The van der Waals surface area contributed by atoms with Crippen molar-refractivity contribution in [3.63, 3.8) is 0 Å². The summed E-state index contributed by atoms with van der Waals surface area (Å²) < 4.78 is 6.94. The number of benzene rings is 10. The Hall–Kier alpha value is -7.94. The lowest BCUT2D eigenvalue weighted by molar-refractivity contribution is 0.672. The molecule has 0 atom stereocenters. The van der Waals surface area contributed by atoms with Gasteiger partial charge in [-0.05, 0) is 96.9 Å². The van der Waals surface area contributed by atoms with Gasteiger partial charge in [0.25, 0.3) is 0 Å². The van der Waals surface area contributed by atoms with E-state index >= 15 is 0 Å². The average molecular weight is 776 g/mol. The molecule has 0 saturated heterocycles. The Kier molecular flexibility index (Phi) is 7.26. The third kappa shape index (κ3) is 4.73. The molecule has 2 aliphatic rings. The van der Waals surface area contributed by atoms with Crippen LogP contribution in [0.3, 0.4) is 0 Å². The minimum atomic E-state index is -0.485. The molecule has 10 aromatic carbocycles. The Morgan fingerprint density at radius 2 is 0.820 bits per heavy atom. The number of anilines is 3. The molecule has 0 amide bonds. The third-order valence-electron chi connectivity index (χ3n) is 13.3. The molecule has 11 aromatic rings. The van der Waals surface area contributed by atoms with Crippen molar-refractivity contribution in [2.75, 3.05) is 4.90 Å². The van der Waals surface area contributed by atoms with E-state index in [2.05, 4.69) is 229 Å². The highest BCUT2D eigenvalue weighted by Crippen LogP contribution is 2.63. The lowest BCUT2D eigenvalue weighted by Gasteiger charge is -2.33. The van der Waals surface area contributed by atoms with Crippen molar-refractivity contribution in [1.29, 1.82) is 0 Å². The van der Waals surface area contributed by atoms with Gasteiger partial charge >= 0.3 is 0 Å². The van der Waals surface area contributed by atoms with E-state index in [1.165, 1.54) is 55.6 Å². The van der Waals surface area contributed by atoms with Gasteiger partial charge in [-0.25, -0.2) is 0 Å². The summed E-state index contributed by atoms with van der Waals surface area (Å²) in [6.07, 6.45) is 0. The molecular formula is C59H37NO. The van der Waals surface area contributed by atoms with E-state index in [4.69, 9.17) is 4.42 Å². The van der Waals surface area contributed by atoms with Crippen LogP contribution >= 0.6 is 0 Å². The first kappa shape index (κ1) is 34.0. The highest BCUT2D eigenvalue weighted by Gasteiger charge is 2.51. The van der Waals surface area contributed by atoms with Gasteiger partial charge in [-0.3, -0.25) is 0 Å². The maximum atomic E-state index is 6.94. The summed E-state index contributed by atoms with van der Waals surface area (Å²) in [4.78, 5) is 2.51. The summed E-state index contributed by atoms with van der Waals surface area (Å²) in [6.45, 7) is 0. The van der Waals surface area contributed by atoms with Crippen LogP contribution in [0.2, 0.25) is 0 Å². The second-order valence-electron chi connectivity index (χ2n) is 16.3. The topological polar surface area (TPSA) is 16.4 Å². The minimum absolute atomic E-state index is 0.485. The van der Waals surface area contributed by atoms with Crippen molar-refractivity contribution in [1.82, 2.24) is 0 Å². The van der Waals surface area contributed by atoms with Gasteiger partial charge in [0.1, 0.15) is 11.2 Å². The predicted molar refractivity (Wildman–Crippen MR) is 253 cm³/mol. The van der Waals surface area contributed by atoms with Gasteiger partial charge in [-0.15, -0.1) is 0 Å². The molecule has 13 rings (SSSR count). The molecule has 61 heavy (non-hydrogen) atoms. The lowest BCUT2D eigenvalue weighted by atomic mass is 9.70. The maximum Gasteiger partial charge on any atom is 0.145 e. The lowest BCUT2D eigenvalue weighted by Crippen LogP contribution is -2.26. The molecule has 2 heteroatoms. The number of hydrogen-bond donors (Lipinski definition) is 0. The minimum Gasteiger partial charge on any atom is -0.455 e. The van der Waals surface area contributed by atoms with Crippen LogP contribution in [0.25, 0.3) is 77.2 Å². The maximum absolute atomic E-state index is 6.94. The van der Waals surface area contributed by atoms with E-state index in [0.29, 0.717) is 0 Å². The van der Waals surface area contributed by atoms with Gasteiger partial charge in [0.2, 0.25) is 0 Å². The van der Waals surface area contributed by atoms with Crippen LogP contribution in [-0.2, 0) is 5.41 Å². The quantitative estimate of drug-likeness (QED) is 0.173. The molecule has 0 radical (unpaired) electrons. The fraction of sp³-hybridized carbons (Fsp3) is 0.0169. The number of para-hydroxylation sites is 1. The number of fused-ring (bicyclic) bond motifs is 15. The monoisotopic (exact) mass is 775 g/mol. The molecule has 0 bridgehead atoms. The predicted octanol–water partition coefficient (Wildman–Crippen LogP) is 15.9. The molecule has 2 nitrogen and oxygen atoms in total. The smallest absolute Gasteiger partial charge is 0.145 e. The van der Waals surface area contributed by atoms with Gasteiger partial charge in [0.15, 0.2) is 0 Å². The van der Waals surface area contributed by atoms with Gasteiger partial charge in [-0.1, -0.05) is 194 Å². The van der Waals surface area contributed by atoms with E-state index in [9.17, 15) is 0 Å². The molecule has 0 N–H and O–H groups in total. The first-order valence-electron chi connectivity index (χ1n) is 21.1. The van der Waals surface area contributed by atoms with Crippen LogP contribution in [0, 0.1) is 0 Å². The third-order valence-corrected chi connectivity index (χ3v) is 13.3. The van der Waals surface area contributed by atoms with Gasteiger partial charge in [0.05, 0.1) is 16.5 Å². The zero-order valence-corrected chi connectivity index (χ0v) is 33.2. The molecule has 0 aliphatic heterocycles. The van der Waals surface area contributed by atoms with Crippen LogP contribution in [0.1, 0.15) is 22.3 Å². The van der Waals surface area contributed by atoms with Crippen molar-refractivity contribution >= 4 is 49.8 Å². The van der Waals surface area contributed by atoms with Crippen molar-refractivity contribution in [3.8, 4) is 44.5 Å². The summed E-state index contributed by atoms with van der Waals surface area (Å²) in [5, 5.41) is 4.42. The van der Waals surface area contributed by atoms with E-state index in [0.717, 1.165) is 60.9 Å². The number of hydrogen-bond acceptors (Lipinski definition) is 2. The molecule has 284 valence electrons. The summed E-state index contributed by atoms with van der Waals surface area (Å²) >= 11 is 0. The average Bonchev–Trinajstić information content (AvgIpc) is 3.97. The molecule has 1 spiro atoms. The fourth-order valence-electron chi connectivity index (χ4n) is 10.8. The SMILES string of the molecule is c1ccc(-c2ccc(N(c3ccc4c(c3)C3(c5ccccc5-c5ccccc53)c3ccccc3-4)c3c(-c4ccccc4)c4ccccc4c4oc5ccccc5c34)cc2)cc1. The largest absolute Gasteiger partial charge is 0.455 e. The molecule has 0 unspecified atom stereocenters. The summed E-state index contributed by atoms with van der Waals surface area (Å²) in [7, 11) is 0. The Labute approximate surface area is 354 Å². The molecule has 2 aliphatic carbocycles. The zero-order valence-electron chi connectivity index (χ0n) is 33.2. The van der Waals surface area contributed by atoms with Crippen LogP contribution < -0.4 is 4.90 Å². The van der Waals surface area contributed by atoms with E-state index in [1.54, 1.807) is 0 Å². The molecule has 1 heterocycles. The van der Waals surface area contributed by atoms with Crippen molar-refractivity contribution in [2.24, 2.45) is 0 Å². The zero-order chi connectivity index (χ0) is 40.1. The van der Waals surface area contributed by atoms with Gasteiger partial charge in [-0.2, -0.15) is 0 Å². The summed E-state index contributed by atoms with van der Waals surface area (Å²) in [5.41, 5.74) is 19.6. The van der Waals surface area contributed by atoms with E-state index in [-0.39, 0.29) is 0 Å². The summed E-state index contributed by atoms with van der Waals surface area (Å²) in [5.74, 6) is 0. The molecule has 0 saturated carbocycles. The van der Waals surface area contributed by atoms with Crippen LogP contribution in [-0.4, -0.2) is 0 Å². The van der Waals surface area contributed by atoms with Crippen LogP contribution in [0.5, 0.6) is 0 Å². The highest BCUT2D eigenvalue weighted by molar-refractivity contribution is 6.27. The number of nitrogens with zero attached hydrogens (tertiary/aromatic N) is 1. The van der Waals surface area contributed by atoms with Gasteiger partial charge in [0, 0.05) is 27.7 Å². The summed E-state index contributed by atoms with van der Waals surface area (Å²) in [6, 6.07) is 82.2. The molecular weight excluding hydrogens is 739 g/mol. The Bertz CT molecular complexity index is 3460. The highest BCUT2D eigenvalue weighted by atomic mass is 16.3. The Morgan fingerprint density at radius 1 is 0.344 bits per heavy atom. The number of furan rings is 1. The Balaban J connectivity index is 1.17. The first-order chi connectivity index (χ1) is 30.3. The second kappa shape index (κ2) is 13.0. The van der Waals surface area contributed by atoms with Crippen LogP contribution in [0.4, 0.5) is 17.1 Å². The fourth-order valence-corrected chi connectivity index (χ4v) is 10.8. The Morgan fingerprint density at radius 3 is 1.46 bits per heavy atom. The molecule has 0 fully saturated rings.